The van der Waals surface area contributed by atoms with Gasteiger partial charge in [-0.3, -0.25) is 0 Å². The van der Waals surface area contributed by atoms with Crippen molar-refractivity contribution >= 4 is 27.5 Å². The molecular weight excluding hydrogens is 335 g/mol. The first-order valence-corrected chi connectivity index (χ1v) is 6.67. The Balaban J connectivity index is 2.12. The lowest BCUT2D eigenvalue weighted by Gasteiger charge is -2.10. The van der Waals surface area contributed by atoms with Gasteiger partial charge in [0.15, 0.2) is 0 Å². The van der Waals surface area contributed by atoms with Gasteiger partial charge in [-0.2, -0.15) is 0 Å². The minimum absolute atomic E-state index is 0.103. The predicted molar refractivity (Wildman–Crippen MR) is 76.4 cm³/mol. The van der Waals surface area contributed by atoms with Gasteiger partial charge in [-0.05, 0) is 30.3 Å². The molecule has 0 aliphatic carbocycles. The van der Waals surface area contributed by atoms with E-state index in [1.807, 2.05) is 6.07 Å². The summed E-state index contributed by atoms with van der Waals surface area (Å²) in [6.45, 7) is 0.103. The summed E-state index contributed by atoms with van der Waals surface area (Å²) in [5.41, 5.74) is 0.442. The third-order valence-electron chi connectivity index (χ3n) is 2.54. The van der Waals surface area contributed by atoms with E-state index in [1.165, 1.54) is 13.2 Å². The number of hydrogen-bond acceptors (Lipinski definition) is 2. The summed E-state index contributed by atoms with van der Waals surface area (Å²) in [6.07, 6.45) is 0. The van der Waals surface area contributed by atoms with Crippen molar-refractivity contribution in [2.45, 2.75) is 6.61 Å². The van der Waals surface area contributed by atoms with E-state index >= 15 is 0 Å². The second-order valence-corrected chi connectivity index (χ2v) is 5.14. The second kappa shape index (κ2) is 6.26. The molecule has 0 unspecified atom stereocenters. The maximum atomic E-state index is 13.7. The highest BCUT2D eigenvalue weighted by molar-refractivity contribution is 9.10. The van der Waals surface area contributed by atoms with Crippen LogP contribution in [0.2, 0.25) is 5.02 Å². The molecule has 2 nitrogen and oxygen atoms in total. The van der Waals surface area contributed by atoms with Crippen molar-refractivity contribution in [3.63, 3.8) is 0 Å². The summed E-state index contributed by atoms with van der Waals surface area (Å²) < 4.78 is 25.0. The van der Waals surface area contributed by atoms with Crippen molar-refractivity contribution in [3.8, 4) is 11.5 Å². The lowest BCUT2D eigenvalue weighted by molar-refractivity contribution is 0.299. The van der Waals surface area contributed by atoms with Crippen LogP contribution in [0.5, 0.6) is 11.5 Å². The standard InChI is InChI=1S/C14H11BrClFO2/c1-18-11-4-2-9(13(17)7-11)8-19-14-6-10(15)3-5-12(14)16/h2-7H,8H2,1H3. The maximum Gasteiger partial charge on any atom is 0.139 e. The smallest absolute Gasteiger partial charge is 0.139 e. The highest BCUT2D eigenvalue weighted by Crippen LogP contribution is 2.29. The SMILES string of the molecule is COc1ccc(COc2cc(Br)ccc2Cl)c(F)c1. The Kier molecular flexibility index (Phi) is 4.66. The summed E-state index contributed by atoms with van der Waals surface area (Å²) in [6, 6.07) is 9.89. The van der Waals surface area contributed by atoms with Crippen LogP contribution < -0.4 is 9.47 Å². The molecule has 0 fully saturated rings. The summed E-state index contributed by atoms with van der Waals surface area (Å²) in [5, 5.41) is 0.483. The van der Waals surface area contributed by atoms with Crippen molar-refractivity contribution in [1.29, 1.82) is 0 Å². The van der Waals surface area contributed by atoms with Crippen LogP contribution in [0.3, 0.4) is 0 Å². The van der Waals surface area contributed by atoms with Crippen LogP contribution in [-0.2, 0) is 6.61 Å². The summed E-state index contributed by atoms with van der Waals surface area (Å²) in [4.78, 5) is 0. The number of rotatable bonds is 4. The fourth-order valence-corrected chi connectivity index (χ4v) is 2.03. The Bertz CT molecular complexity index is 590. The third kappa shape index (κ3) is 3.61. The van der Waals surface area contributed by atoms with Gasteiger partial charge in [0.1, 0.15) is 23.9 Å². The molecule has 0 heterocycles. The molecule has 5 heteroatoms. The molecule has 0 N–H and O–H groups in total. The molecule has 0 atom stereocenters. The largest absolute Gasteiger partial charge is 0.497 e. The topological polar surface area (TPSA) is 18.5 Å². The molecule has 0 aliphatic heterocycles. The third-order valence-corrected chi connectivity index (χ3v) is 3.34. The van der Waals surface area contributed by atoms with Crippen LogP contribution in [0.1, 0.15) is 5.56 Å². The number of benzene rings is 2. The lowest BCUT2D eigenvalue weighted by atomic mass is 10.2. The van der Waals surface area contributed by atoms with E-state index in [4.69, 9.17) is 21.1 Å². The van der Waals surface area contributed by atoms with Gasteiger partial charge in [-0.15, -0.1) is 0 Å². The first-order valence-electron chi connectivity index (χ1n) is 5.50. The van der Waals surface area contributed by atoms with Gasteiger partial charge in [0.2, 0.25) is 0 Å². The van der Waals surface area contributed by atoms with Crippen molar-refractivity contribution < 1.29 is 13.9 Å². The molecule has 0 saturated heterocycles. The zero-order valence-electron chi connectivity index (χ0n) is 10.1. The van der Waals surface area contributed by atoms with Crippen LogP contribution in [0.15, 0.2) is 40.9 Å². The average molecular weight is 346 g/mol. The molecule has 2 aromatic carbocycles. The first-order chi connectivity index (χ1) is 9.10. The Labute approximate surface area is 124 Å². The monoisotopic (exact) mass is 344 g/mol. The zero-order chi connectivity index (χ0) is 13.8. The van der Waals surface area contributed by atoms with Gasteiger partial charge in [0.25, 0.3) is 0 Å². The minimum atomic E-state index is -0.370. The van der Waals surface area contributed by atoms with Gasteiger partial charge in [0.05, 0.1) is 12.1 Å². The van der Waals surface area contributed by atoms with Gasteiger partial charge in [-0.1, -0.05) is 27.5 Å². The van der Waals surface area contributed by atoms with Gasteiger partial charge >= 0.3 is 0 Å². The molecule has 2 rings (SSSR count). The fourth-order valence-electron chi connectivity index (χ4n) is 1.52. The van der Waals surface area contributed by atoms with E-state index < -0.39 is 0 Å². The Morgan fingerprint density at radius 2 is 2.00 bits per heavy atom. The van der Waals surface area contributed by atoms with E-state index in [9.17, 15) is 4.39 Å². The summed E-state index contributed by atoms with van der Waals surface area (Å²) >= 11 is 9.32. The molecule has 19 heavy (non-hydrogen) atoms. The molecule has 0 bridgehead atoms. The zero-order valence-corrected chi connectivity index (χ0v) is 12.5. The van der Waals surface area contributed by atoms with Gasteiger partial charge in [-0.25, -0.2) is 4.39 Å². The number of methoxy groups -OCH3 is 1. The van der Waals surface area contributed by atoms with Crippen LogP contribution in [0, 0.1) is 5.82 Å². The number of hydrogen-bond donors (Lipinski definition) is 0. The quantitative estimate of drug-likeness (QED) is 0.790. The van der Waals surface area contributed by atoms with E-state index in [-0.39, 0.29) is 12.4 Å². The fraction of sp³-hybridized carbons (Fsp3) is 0.143. The van der Waals surface area contributed by atoms with Crippen molar-refractivity contribution in [2.24, 2.45) is 0 Å². The van der Waals surface area contributed by atoms with Crippen molar-refractivity contribution in [2.75, 3.05) is 7.11 Å². The first kappa shape index (κ1) is 14.2. The van der Waals surface area contributed by atoms with Crippen molar-refractivity contribution in [3.05, 3.63) is 57.3 Å². The highest BCUT2D eigenvalue weighted by atomic mass is 79.9. The molecule has 0 radical (unpaired) electrons. The number of ether oxygens (including phenoxy) is 2. The molecule has 0 spiro atoms. The molecule has 100 valence electrons. The number of halogens is 3. The van der Waals surface area contributed by atoms with Crippen molar-refractivity contribution in [1.82, 2.24) is 0 Å². The Hall–Kier alpha value is -1.26. The van der Waals surface area contributed by atoms with Gasteiger partial charge in [0, 0.05) is 16.1 Å². The Morgan fingerprint density at radius 1 is 1.21 bits per heavy atom. The van der Waals surface area contributed by atoms with E-state index in [2.05, 4.69) is 15.9 Å². The second-order valence-electron chi connectivity index (χ2n) is 3.82. The normalized spacial score (nSPS) is 10.3. The summed E-state index contributed by atoms with van der Waals surface area (Å²) in [7, 11) is 1.49. The summed E-state index contributed by atoms with van der Waals surface area (Å²) in [5.74, 6) is 0.610. The minimum Gasteiger partial charge on any atom is -0.497 e. The van der Waals surface area contributed by atoms with E-state index in [1.54, 1.807) is 24.3 Å². The molecule has 0 aromatic heterocycles. The highest BCUT2D eigenvalue weighted by Gasteiger charge is 2.07. The average Bonchev–Trinajstić information content (AvgIpc) is 2.40. The van der Waals surface area contributed by atoms with Crippen LogP contribution in [0.4, 0.5) is 4.39 Å². The maximum absolute atomic E-state index is 13.7. The molecule has 0 saturated carbocycles. The van der Waals surface area contributed by atoms with Crippen LogP contribution >= 0.6 is 27.5 Å². The lowest BCUT2D eigenvalue weighted by Crippen LogP contribution is -1.99. The van der Waals surface area contributed by atoms with Crippen LogP contribution in [0.25, 0.3) is 0 Å². The molecule has 0 aliphatic rings. The van der Waals surface area contributed by atoms with E-state index in [0.29, 0.717) is 22.1 Å². The predicted octanol–water partition coefficient (Wildman–Crippen LogP) is 4.83. The Morgan fingerprint density at radius 3 is 2.68 bits per heavy atom. The van der Waals surface area contributed by atoms with Gasteiger partial charge < -0.3 is 9.47 Å². The van der Waals surface area contributed by atoms with Crippen LogP contribution in [-0.4, -0.2) is 7.11 Å². The molecular formula is C14H11BrClFO2. The van der Waals surface area contributed by atoms with E-state index in [0.717, 1.165) is 4.47 Å². The molecule has 2 aromatic rings. The molecule has 0 amide bonds.